The number of carbonyl (C=O) groups excluding carboxylic acids is 1. The minimum absolute atomic E-state index is 0.0723. The van der Waals surface area contributed by atoms with Crippen LogP contribution >= 0.6 is 0 Å². The van der Waals surface area contributed by atoms with E-state index < -0.39 is 17.9 Å². The Morgan fingerprint density at radius 2 is 2.16 bits per heavy atom. The molecule has 0 fully saturated rings. The normalized spacial score (nSPS) is 11.7. The molecule has 7 nitrogen and oxygen atoms in total. The number of rotatable bonds is 6. The standard InChI is InChI=1S/C12H16N2O5/c1-19-7-2-3-8(9(13)6-7)11(16)14-10(4-5-15)12(17)18/h2-3,6,10,15H,4-5,13H2,1H3,(H,14,16)(H,17,18)/t10-/m1/s1. The first-order valence-electron chi connectivity index (χ1n) is 5.57. The highest BCUT2D eigenvalue weighted by Crippen LogP contribution is 2.19. The van der Waals surface area contributed by atoms with Crippen molar-refractivity contribution in [3.8, 4) is 5.75 Å². The number of aliphatic hydroxyl groups excluding tert-OH is 1. The molecule has 7 heteroatoms. The van der Waals surface area contributed by atoms with Crippen LogP contribution in [0.1, 0.15) is 16.8 Å². The zero-order valence-corrected chi connectivity index (χ0v) is 10.4. The van der Waals surface area contributed by atoms with Gasteiger partial charge in [-0.15, -0.1) is 0 Å². The molecule has 0 saturated carbocycles. The van der Waals surface area contributed by atoms with Gasteiger partial charge >= 0.3 is 5.97 Å². The molecule has 0 unspecified atom stereocenters. The number of aliphatic carboxylic acids is 1. The summed E-state index contributed by atoms with van der Waals surface area (Å²) in [6.07, 6.45) is -0.0723. The Bertz CT molecular complexity index is 475. The predicted octanol–water partition coefficient (Wildman–Crippen LogP) is -0.157. The lowest BCUT2D eigenvalue weighted by Gasteiger charge is -2.14. The Kier molecular flexibility index (Phi) is 5.13. The van der Waals surface area contributed by atoms with Crippen molar-refractivity contribution in [3.05, 3.63) is 23.8 Å². The van der Waals surface area contributed by atoms with E-state index in [0.717, 1.165) is 0 Å². The van der Waals surface area contributed by atoms with Crippen LogP contribution in [0, 0.1) is 0 Å². The van der Waals surface area contributed by atoms with Gasteiger partial charge in [-0.1, -0.05) is 0 Å². The van der Waals surface area contributed by atoms with Crippen molar-refractivity contribution >= 4 is 17.6 Å². The van der Waals surface area contributed by atoms with Gasteiger partial charge in [0.05, 0.1) is 12.7 Å². The number of hydrogen-bond acceptors (Lipinski definition) is 5. The predicted molar refractivity (Wildman–Crippen MR) is 68.0 cm³/mol. The highest BCUT2D eigenvalue weighted by atomic mass is 16.5. The van der Waals surface area contributed by atoms with Gasteiger partial charge in [-0.2, -0.15) is 0 Å². The number of carboxylic acids is 1. The van der Waals surface area contributed by atoms with Gasteiger partial charge in [0.25, 0.3) is 5.91 Å². The second-order valence-corrected chi connectivity index (χ2v) is 3.83. The zero-order chi connectivity index (χ0) is 14.4. The molecule has 104 valence electrons. The van der Waals surface area contributed by atoms with E-state index in [4.69, 9.17) is 20.7 Å². The van der Waals surface area contributed by atoms with Crippen molar-refractivity contribution < 1.29 is 24.5 Å². The number of anilines is 1. The second kappa shape index (κ2) is 6.60. The minimum atomic E-state index is -1.21. The zero-order valence-electron chi connectivity index (χ0n) is 10.4. The van der Waals surface area contributed by atoms with E-state index in [9.17, 15) is 9.59 Å². The van der Waals surface area contributed by atoms with Gasteiger partial charge in [-0.05, 0) is 12.1 Å². The number of nitrogens with two attached hydrogens (primary N) is 1. The quantitative estimate of drug-likeness (QED) is 0.532. The van der Waals surface area contributed by atoms with Crippen LogP contribution in [0.3, 0.4) is 0 Å². The van der Waals surface area contributed by atoms with Crippen LogP contribution in [0.2, 0.25) is 0 Å². The van der Waals surface area contributed by atoms with Gasteiger partial charge in [-0.3, -0.25) is 4.79 Å². The second-order valence-electron chi connectivity index (χ2n) is 3.83. The summed E-state index contributed by atoms with van der Waals surface area (Å²) in [6.45, 7) is -0.338. The molecule has 1 aromatic rings. The Morgan fingerprint density at radius 3 is 2.63 bits per heavy atom. The van der Waals surface area contributed by atoms with E-state index >= 15 is 0 Å². The molecule has 19 heavy (non-hydrogen) atoms. The number of hydrogen-bond donors (Lipinski definition) is 4. The van der Waals surface area contributed by atoms with Crippen LogP contribution in [0.4, 0.5) is 5.69 Å². The fourth-order valence-corrected chi connectivity index (χ4v) is 1.50. The minimum Gasteiger partial charge on any atom is -0.497 e. The first-order chi connectivity index (χ1) is 8.99. The summed E-state index contributed by atoms with van der Waals surface area (Å²) in [7, 11) is 1.47. The van der Waals surface area contributed by atoms with Crippen molar-refractivity contribution in [1.29, 1.82) is 0 Å². The fraction of sp³-hybridized carbons (Fsp3) is 0.333. The Hall–Kier alpha value is -2.28. The van der Waals surface area contributed by atoms with Crippen LogP contribution in [-0.4, -0.2) is 41.8 Å². The lowest BCUT2D eigenvalue weighted by Crippen LogP contribution is -2.41. The lowest BCUT2D eigenvalue weighted by molar-refractivity contribution is -0.139. The summed E-state index contributed by atoms with van der Waals surface area (Å²) in [4.78, 5) is 22.7. The van der Waals surface area contributed by atoms with Gasteiger partial charge in [0.15, 0.2) is 0 Å². The van der Waals surface area contributed by atoms with Gasteiger partial charge in [0.2, 0.25) is 0 Å². The van der Waals surface area contributed by atoms with E-state index in [1.165, 1.54) is 19.2 Å². The molecule has 1 aromatic carbocycles. The third-order valence-corrected chi connectivity index (χ3v) is 2.52. The van der Waals surface area contributed by atoms with Crippen LogP contribution < -0.4 is 15.8 Å². The van der Waals surface area contributed by atoms with Crippen LogP contribution in [0.15, 0.2) is 18.2 Å². The molecule has 0 bridgehead atoms. The number of carbonyl (C=O) groups is 2. The van der Waals surface area contributed by atoms with Crippen molar-refractivity contribution in [2.75, 3.05) is 19.5 Å². The topological polar surface area (TPSA) is 122 Å². The third kappa shape index (κ3) is 3.85. The van der Waals surface area contributed by atoms with Crippen LogP contribution in [-0.2, 0) is 4.79 Å². The van der Waals surface area contributed by atoms with E-state index in [1.54, 1.807) is 6.07 Å². The number of benzene rings is 1. The van der Waals surface area contributed by atoms with E-state index in [0.29, 0.717) is 5.75 Å². The Balaban J connectivity index is 2.85. The maximum absolute atomic E-state index is 11.9. The number of nitrogen functional groups attached to an aromatic ring is 1. The van der Waals surface area contributed by atoms with Gasteiger partial charge < -0.3 is 26.0 Å². The van der Waals surface area contributed by atoms with Gasteiger partial charge in [0.1, 0.15) is 11.8 Å². The van der Waals surface area contributed by atoms with Crippen molar-refractivity contribution in [3.63, 3.8) is 0 Å². The maximum atomic E-state index is 11.9. The summed E-state index contributed by atoms with van der Waals surface area (Å²) in [5.74, 6) is -1.32. The maximum Gasteiger partial charge on any atom is 0.326 e. The molecule has 0 aromatic heterocycles. The summed E-state index contributed by atoms with van der Waals surface area (Å²) in [5, 5.41) is 19.9. The highest BCUT2D eigenvalue weighted by Gasteiger charge is 2.21. The Labute approximate surface area is 110 Å². The molecular formula is C12H16N2O5. The van der Waals surface area contributed by atoms with Crippen LogP contribution in [0.25, 0.3) is 0 Å². The molecule has 0 aliphatic rings. The summed E-state index contributed by atoms with van der Waals surface area (Å²) in [5.41, 5.74) is 6.03. The highest BCUT2D eigenvalue weighted by molar-refractivity contribution is 6.01. The first kappa shape index (κ1) is 14.8. The molecule has 1 rings (SSSR count). The summed E-state index contributed by atoms with van der Waals surface area (Å²) < 4.78 is 4.95. The van der Waals surface area contributed by atoms with Gasteiger partial charge in [-0.25, -0.2) is 4.79 Å². The average Bonchev–Trinajstić information content (AvgIpc) is 2.37. The molecular weight excluding hydrogens is 252 g/mol. The number of nitrogens with one attached hydrogen (secondary N) is 1. The number of amides is 1. The Morgan fingerprint density at radius 1 is 1.47 bits per heavy atom. The molecule has 5 N–H and O–H groups in total. The number of methoxy groups -OCH3 is 1. The van der Waals surface area contributed by atoms with E-state index in [1.807, 2.05) is 0 Å². The van der Waals surface area contributed by atoms with Crippen LogP contribution in [0.5, 0.6) is 5.75 Å². The number of ether oxygens (including phenoxy) is 1. The molecule has 0 heterocycles. The summed E-state index contributed by atoms with van der Waals surface area (Å²) >= 11 is 0. The van der Waals surface area contributed by atoms with Gasteiger partial charge in [0, 0.05) is 24.8 Å². The molecule has 0 saturated heterocycles. The molecule has 0 aliphatic carbocycles. The van der Waals surface area contributed by atoms with Crippen molar-refractivity contribution in [2.24, 2.45) is 0 Å². The SMILES string of the molecule is COc1ccc(C(=O)N[C@H](CCO)C(=O)O)c(N)c1. The number of aliphatic hydroxyl groups is 1. The van der Waals surface area contributed by atoms with E-state index in [-0.39, 0.29) is 24.3 Å². The number of carboxylic acid groups (broad SMARTS) is 1. The summed E-state index contributed by atoms with van der Waals surface area (Å²) in [6, 6.07) is 3.31. The molecule has 0 radical (unpaired) electrons. The first-order valence-corrected chi connectivity index (χ1v) is 5.57. The van der Waals surface area contributed by atoms with E-state index in [2.05, 4.69) is 5.32 Å². The monoisotopic (exact) mass is 268 g/mol. The van der Waals surface area contributed by atoms with Crippen molar-refractivity contribution in [2.45, 2.75) is 12.5 Å². The molecule has 1 atom stereocenters. The lowest BCUT2D eigenvalue weighted by atomic mass is 10.1. The fourth-order valence-electron chi connectivity index (χ4n) is 1.50. The van der Waals surface area contributed by atoms with Crippen molar-refractivity contribution in [1.82, 2.24) is 5.32 Å². The largest absolute Gasteiger partial charge is 0.497 e. The molecule has 0 spiro atoms. The molecule has 0 aliphatic heterocycles. The molecule has 1 amide bonds. The third-order valence-electron chi connectivity index (χ3n) is 2.52. The smallest absolute Gasteiger partial charge is 0.326 e. The average molecular weight is 268 g/mol.